The molecule has 5 nitrogen and oxygen atoms in total. The molecule has 0 aliphatic rings. The molecule has 7 heteroatoms. The summed E-state index contributed by atoms with van der Waals surface area (Å²) >= 11 is 2.97. The summed E-state index contributed by atoms with van der Waals surface area (Å²) in [6.45, 7) is 8.06. The number of amides is 1. The van der Waals surface area contributed by atoms with E-state index in [2.05, 4.69) is 59.7 Å². The van der Waals surface area contributed by atoms with E-state index in [0.717, 1.165) is 32.2 Å². The Morgan fingerprint density at radius 3 is 2.55 bits per heavy atom. The lowest BCUT2D eigenvalue weighted by Gasteiger charge is -1.99. The molecule has 2 aromatic carbocycles. The Kier molecular flexibility index (Phi) is 5.43. The number of furan rings is 1. The van der Waals surface area contributed by atoms with Crippen molar-refractivity contribution in [2.24, 2.45) is 0 Å². The molecule has 0 unspecified atom stereocenters. The molecular formula is C22H21N3O2S2. The number of hydrogen-bond donors (Lipinski definition) is 1. The van der Waals surface area contributed by atoms with Crippen LogP contribution in [0.1, 0.15) is 38.4 Å². The maximum Gasteiger partial charge on any atom is 0.293 e. The summed E-state index contributed by atoms with van der Waals surface area (Å²) in [7, 11) is 0. The van der Waals surface area contributed by atoms with Crippen LogP contribution in [-0.2, 0) is 5.75 Å². The fourth-order valence-electron chi connectivity index (χ4n) is 2.99. The zero-order valence-electron chi connectivity index (χ0n) is 16.7. The quantitative estimate of drug-likeness (QED) is 0.312. The average molecular weight is 424 g/mol. The summed E-state index contributed by atoms with van der Waals surface area (Å²) in [6, 6.07) is 12.4. The number of carbonyl (C=O) groups is 1. The summed E-state index contributed by atoms with van der Waals surface area (Å²) in [5.41, 5.74) is 6.34. The predicted octanol–water partition coefficient (Wildman–Crippen LogP) is 6.06. The van der Waals surface area contributed by atoms with Crippen molar-refractivity contribution in [1.29, 1.82) is 0 Å². The van der Waals surface area contributed by atoms with Gasteiger partial charge in [0, 0.05) is 16.7 Å². The second-order valence-electron chi connectivity index (χ2n) is 7.09. The van der Waals surface area contributed by atoms with Crippen molar-refractivity contribution in [2.75, 3.05) is 5.32 Å². The van der Waals surface area contributed by atoms with Crippen LogP contribution >= 0.6 is 23.1 Å². The Balaban J connectivity index is 1.46. The van der Waals surface area contributed by atoms with Gasteiger partial charge in [-0.3, -0.25) is 10.1 Å². The van der Waals surface area contributed by atoms with E-state index < -0.39 is 0 Å². The van der Waals surface area contributed by atoms with Crippen LogP contribution in [0.25, 0.3) is 11.0 Å². The number of aromatic nitrogens is 2. The van der Waals surface area contributed by atoms with Gasteiger partial charge >= 0.3 is 0 Å². The molecule has 4 rings (SSSR count). The Morgan fingerprint density at radius 2 is 1.79 bits per heavy atom. The molecule has 0 aliphatic heterocycles. The Bertz CT molecular complexity index is 1190. The van der Waals surface area contributed by atoms with Gasteiger partial charge in [0.1, 0.15) is 5.58 Å². The third-order valence-electron chi connectivity index (χ3n) is 4.87. The first-order valence-corrected chi connectivity index (χ1v) is 11.0. The number of aryl methyl sites for hydroxylation is 4. The van der Waals surface area contributed by atoms with Crippen LogP contribution in [-0.4, -0.2) is 16.1 Å². The lowest BCUT2D eigenvalue weighted by molar-refractivity contribution is 0.0998. The number of nitrogens with zero attached hydrogens (tertiary/aromatic N) is 2. The molecule has 0 aliphatic carbocycles. The van der Waals surface area contributed by atoms with E-state index in [0.29, 0.717) is 10.9 Å². The molecule has 148 valence electrons. The normalized spacial score (nSPS) is 11.2. The molecule has 0 fully saturated rings. The molecule has 2 aromatic heterocycles. The number of anilines is 1. The zero-order valence-corrected chi connectivity index (χ0v) is 18.3. The maximum atomic E-state index is 12.7. The molecule has 0 saturated carbocycles. The highest BCUT2D eigenvalue weighted by Crippen LogP contribution is 2.31. The number of hydrogen-bond acceptors (Lipinski definition) is 6. The number of fused-ring (bicyclic) bond motifs is 1. The minimum Gasteiger partial charge on any atom is -0.451 e. The third kappa shape index (κ3) is 4.21. The van der Waals surface area contributed by atoms with Crippen molar-refractivity contribution in [3.63, 3.8) is 0 Å². The highest BCUT2D eigenvalue weighted by Gasteiger charge is 2.20. The van der Waals surface area contributed by atoms with Crippen LogP contribution in [0.2, 0.25) is 0 Å². The summed E-state index contributed by atoms with van der Waals surface area (Å²) in [5, 5.41) is 12.5. The van der Waals surface area contributed by atoms with Crippen LogP contribution in [0.3, 0.4) is 0 Å². The molecule has 0 radical (unpaired) electrons. The van der Waals surface area contributed by atoms with Gasteiger partial charge in [-0.2, -0.15) is 0 Å². The average Bonchev–Trinajstić information content (AvgIpc) is 3.26. The second kappa shape index (κ2) is 8.00. The fraction of sp³-hybridized carbons (Fsp3) is 0.227. The molecule has 0 saturated heterocycles. The van der Waals surface area contributed by atoms with E-state index in [1.807, 2.05) is 19.9 Å². The largest absolute Gasteiger partial charge is 0.451 e. The van der Waals surface area contributed by atoms with Crippen molar-refractivity contribution in [3.05, 3.63) is 70.0 Å². The molecule has 2 heterocycles. The first-order chi connectivity index (χ1) is 13.9. The maximum absolute atomic E-state index is 12.7. The number of nitrogens with one attached hydrogen (secondary N) is 1. The Labute approximate surface area is 177 Å². The van der Waals surface area contributed by atoms with E-state index in [4.69, 9.17) is 4.42 Å². The van der Waals surface area contributed by atoms with Crippen molar-refractivity contribution in [1.82, 2.24) is 10.2 Å². The smallest absolute Gasteiger partial charge is 0.293 e. The summed E-state index contributed by atoms with van der Waals surface area (Å²) in [4.78, 5) is 12.7. The molecular weight excluding hydrogens is 402 g/mol. The number of benzene rings is 2. The number of carbonyl (C=O) groups excluding carboxylic acids is 1. The number of thioether (sulfide) groups is 1. The van der Waals surface area contributed by atoms with Gasteiger partial charge in [0.2, 0.25) is 5.13 Å². The minimum absolute atomic E-state index is 0.305. The van der Waals surface area contributed by atoms with E-state index in [1.54, 1.807) is 11.8 Å². The standard InChI is InChI=1S/C22H21N3O2S2/c1-12-5-7-16(8-6-12)11-28-22-25-24-21(29-22)23-20(26)19-15(4)17-9-13(2)14(3)10-18(17)27-19/h5-10H,11H2,1-4H3,(H,23,24,26). The highest BCUT2D eigenvalue weighted by atomic mass is 32.2. The molecule has 1 N–H and O–H groups in total. The second-order valence-corrected chi connectivity index (χ2v) is 9.29. The summed E-state index contributed by atoms with van der Waals surface area (Å²) < 4.78 is 6.64. The van der Waals surface area contributed by atoms with Gasteiger partial charge in [-0.25, -0.2) is 0 Å². The first kappa shape index (κ1) is 19.7. The van der Waals surface area contributed by atoms with Gasteiger partial charge in [-0.15, -0.1) is 10.2 Å². The predicted molar refractivity (Wildman–Crippen MR) is 119 cm³/mol. The van der Waals surface area contributed by atoms with E-state index in [-0.39, 0.29) is 5.91 Å². The van der Waals surface area contributed by atoms with Gasteiger partial charge in [-0.1, -0.05) is 52.9 Å². The molecule has 0 spiro atoms. The SMILES string of the molecule is Cc1ccc(CSc2nnc(NC(=O)c3oc4cc(C)c(C)cc4c3C)s2)cc1. The Morgan fingerprint density at radius 1 is 1.07 bits per heavy atom. The van der Waals surface area contributed by atoms with Crippen molar-refractivity contribution in [2.45, 2.75) is 37.8 Å². The highest BCUT2D eigenvalue weighted by molar-refractivity contribution is 8.00. The Hall–Kier alpha value is -2.64. The van der Waals surface area contributed by atoms with Gasteiger partial charge < -0.3 is 4.42 Å². The topological polar surface area (TPSA) is 68.0 Å². The van der Waals surface area contributed by atoms with Crippen LogP contribution in [0.15, 0.2) is 45.2 Å². The minimum atomic E-state index is -0.305. The lowest BCUT2D eigenvalue weighted by atomic mass is 10.1. The molecule has 29 heavy (non-hydrogen) atoms. The van der Waals surface area contributed by atoms with Crippen LogP contribution in [0, 0.1) is 27.7 Å². The zero-order chi connectivity index (χ0) is 20.5. The van der Waals surface area contributed by atoms with Gasteiger partial charge in [0.25, 0.3) is 5.91 Å². The summed E-state index contributed by atoms with van der Waals surface area (Å²) in [6.07, 6.45) is 0. The van der Waals surface area contributed by atoms with E-state index >= 15 is 0 Å². The lowest BCUT2D eigenvalue weighted by Crippen LogP contribution is -2.11. The van der Waals surface area contributed by atoms with Crippen molar-refractivity contribution in [3.8, 4) is 0 Å². The molecule has 1 amide bonds. The van der Waals surface area contributed by atoms with Crippen LogP contribution in [0.5, 0.6) is 0 Å². The fourth-order valence-corrected chi connectivity index (χ4v) is 4.70. The first-order valence-electron chi connectivity index (χ1n) is 9.24. The van der Waals surface area contributed by atoms with Gasteiger partial charge in [0.05, 0.1) is 0 Å². The molecule has 0 atom stereocenters. The van der Waals surface area contributed by atoms with Crippen molar-refractivity contribution >= 4 is 45.1 Å². The third-order valence-corrected chi connectivity index (χ3v) is 6.91. The van der Waals surface area contributed by atoms with Gasteiger partial charge in [-0.05, 0) is 56.5 Å². The summed E-state index contributed by atoms with van der Waals surface area (Å²) in [5.74, 6) is 0.818. The van der Waals surface area contributed by atoms with E-state index in [9.17, 15) is 4.79 Å². The number of rotatable bonds is 5. The van der Waals surface area contributed by atoms with Crippen molar-refractivity contribution < 1.29 is 9.21 Å². The van der Waals surface area contributed by atoms with Crippen LogP contribution in [0.4, 0.5) is 5.13 Å². The van der Waals surface area contributed by atoms with Gasteiger partial charge in [0.15, 0.2) is 10.1 Å². The molecule has 0 bridgehead atoms. The van der Waals surface area contributed by atoms with Crippen LogP contribution < -0.4 is 5.32 Å². The molecule has 4 aromatic rings. The monoisotopic (exact) mass is 423 g/mol. The van der Waals surface area contributed by atoms with E-state index in [1.165, 1.54) is 28.0 Å².